The number of nitrogens with one attached hydrogen (secondary N) is 2. The molecule has 0 amide bonds. The number of nitrogen functional groups attached to an aromatic ring is 1. The van der Waals surface area contributed by atoms with Crippen molar-refractivity contribution in [3.8, 4) is 11.5 Å². The van der Waals surface area contributed by atoms with E-state index in [9.17, 15) is 19.8 Å². The molecule has 7 heteroatoms. The quantitative estimate of drug-likeness (QED) is 0.245. The van der Waals surface area contributed by atoms with Crippen molar-refractivity contribution in [2.45, 2.75) is 33.1 Å². The number of hydrogen-bond acceptors (Lipinski definition) is 7. The van der Waals surface area contributed by atoms with E-state index in [1.807, 2.05) is 0 Å². The van der Waals surface area contributed by atoms with E-state index in [-0.39, 0.29) is 39.4 Å². The number of phenolic OH excluding ortho intramolecular Hbond substituents is 2. The highest BCUT2D eigenvalue weighted by atomic mass is 16.3. The lowest BCUT2D eigenvalue weighted by atomic mass is 9.81. The number of unbranched alkanes of at least 4 members (excludes halogenated alkanes) is 2. The third-order valence-electron chi connectivity index (χ3n) is 4.70. The van der Waals surface area contributed by atoms with Gasteiger partial charge >= 0.3 is 0 Å². The lowest BCUT2D eigenvalue weighted by molar-refractivity contribution is 0.0975. The molecule has 3 rings (SSSR count). The predicted molar refractivity (Wildman–Crippen MR) is 115 cm³/mol. The first-order chi connectivity index (χ1) is 13.9. The average molecular weight is 399 g/mol. The van der Waals surface area contributed by atoms with E-state index >= 15 is 0 Å². The van der Waals surface area contributed by atoms with Crippen molar-refractivity contribution in [2.24, 2.45) is 0 Å². The second kappa shape index (κ2) is 9.93. The van der Waals surface area contributed by atoms with Crippen molar-refractivity contribution < 1.29 is 19.8 Å². The van der Waals surface area contributed by atoms with Crippen molar-refractivity contribution in [1.82, 2.24) is 5.32 Å². The molecule has 0 saturated heterocycles. The monoisotopic (exact) mass is 399 g/mol. The Labute approximate surface area is 170 Å². The molecule has 0 spiro atoms. The first kappa shape index (κ1) is 22.2. The number of likely N-dealkylation sites (N-methyl/N-ethyl adjacent to an activating group) is 1. The van der Waals surface area contributed by atoms with Gasteiger partial charge in [0.15, 0.2) is 0 Å². The van der Waals surface area contributed by atoms with E-state index in [0.717, 1.165) is 0 Å². The van der Waals surface area contributed by atoms with Gasteiger partial charge in [-0.2, -0.15) is 0 Å². The molecule has 0 fully saturated rings. The van der Waals surface area contributed by atoms with Crippen LogP contribution in [0.15, 0.2) is 24.3 Å². The number of anilines is 2. The van der Waals surface area contributed by atoms with Gasteiger partial charge in [0.2, 0.25) is 11.6 Å². The van der Waals surface area contributed by atoms with Gasteiger partial charge in [-0.3, -0.25) is 9.59 Å². The summed E-state index contributed by atoms with van der Waals surface area (Å²) in [4.78, 5) is 25.7. The highest BCUT2D eigenvalue weighted by molar-refractivity contribution is 6.33. The summed E-state index contributed by atoms with van der Waals surface area (Å²) >= 11 is 0. The van der Waals surface area contributed by atoms with Crippen molar-refractivity contribution in [2.75, 3.05) is 31.2 Å². The molecule has 7 nitrogen and oxygen atoms in total. The standard InChI is InChI=1S/C17H17N3O4.C5H12/c1-19-6-7-20-9-3-2-8(18)12-13(9)17(24)15-11(22)5-4-10(21)14(15)16(12)23;1-3-5-4-2/h2-5,19-22H,6-7,18H2,1H3;3-5H2,1-2H3. The summed E-state index contributed by atoms with van der Waals surface area (Å²) in [5.41, 5.74) is 6.26. The zero-order valence-corrected chi connectivity index (χ0v) is 17.1. The van der Waals surface area contributed by atoms with Crippen molar-refractivity contribution in [3.63, 3.8) is 0 Å². The first-order valence-corrected chi connectivity index (χ1v) is 9.84. The highest BCUT2D eigenvalue weighted by Gasteiger charge is 2.37. The number of fused-ring (bicyclic) bond motifs is 2. The van der Waals surface area contributed by atoms with Crippen LogP contribution in [0.1, 0.15) is 65.0 Å². The number of ketones is 2. The van der Waals surface area contributed by atoms with Crippen LogP contribution in [0.5, 0.6) is 11.5 Å². The number of phenols is 2. The molecule has 2 aromatic rings. The summed E-state index contributed by atoms with van der Waals surface area (Å²) in [7, 11) is 1.80. The van der Waals surface area contributed by atoms with Gasteiger partial charge in [-0.1, -0.05) is 33.1 Å². The molecule has 0 unspecified atom stereocenters. The number of hydrogen-bond donors (Lipinski definition) is 5. The summed E-state index contributed by atoms with van der Waals surface area (Å²) in [6, 6.07) is 5.52. The van der Waals surface area contributed by atoms with Crippen LogP contribution >= 0.6 is 0 Å². The summed E-state index contributed by atoms with van der Waals surface area (Å²) in [5, 5.41) is 26.1. The Bertz CT molecular complexity index is 907. The number of carbonyl (C=O) groups is 2. The SMILES string of the molecule is CCCCC.CNCCNc1ccc(N)c2c1C(=O)c1c(O)ccc(O)c1C2=O. The van der Waals surface area contributed by atoms with E-state index in [1.54, 1.807) is 13.1 Å². The molecule has 6 N–H and O–H groups in total. The maximum Gasteiger partial charge on any atom is 0.200 e. The number of carbonyl (C=O) groups excluding carboxylic acids is 2. The van der Waals surface area contributed by atoms with Gasteiger partial charge in [0.05, 0.1) is 22.3 Å². The van der Waals surface area contributed by atoms with Crippen LogP contribution in [0.25, 0.3) is 0 Å². The van der Waals surface area contributed by atoms with Crippen LogP contribution in [-0.4, -0.2) is 41.9 Å². The number of rotatable bonds is 6. The highest BCUT2D eigenvalue weighted by Crippen LogP contribution is 2.41. The lowest BCUT2D eigenvalue weighted by Gasteiger charge is -2.23. The van der Waals surface area contributed by atoms with E-state index in [2.05, 4.69) is 24.5 Å². The molecule has 0 atom stereocenters. The second-order valence-electron chi connectivity index (χ2n) is 6.85. The van der Waals surface area contributed by atoms with Gasteiger partial charge in [0.1, 0.15) is 11.5 Å². The van der Waals surface area contributed by atoms with Crippen LogP contribution < -0.4 is 16.4 Å². The fourth-order valence-electron chi connectivity index (χ4n) is 3.21. The van der Waals surface area contributed by atoms with Crippen LogP contribution in [0.2, 0.25) is 0 Å². The van der Waals surface area contributed by atoms with E-state index in [0.29, 0.717) is 18.8 Å². The van der Waals surface area contributed by atoms with E-state index in [4.69, 9.17) is 5.73 Å². The van der Waals surface area contributed by atoms with Gasteiger partial charge < -0.3 is 26.6 Å². The van der Waals surface area contributed by atoms with Gasteiger partial charge in [-0.25, -0.2) is 0 Å². The van der Waals surface area contributed by atoms with Crippen molar-refractivity contribution in [3.05, 3.63) is 46.5 Å². The zero-order chi connectivity index (χ0) is 21.6. The fraction of sp³-hybridized carbons (Fsp3) is 0.364. The topological polar surface area (TPSA) is 125 Å². The Morgan fingerprint density at radius 2 is 1.38 bits per heavy atom. The third-order valence-corrected chi connectivity index (χ3v) is 4.70. The molecule has 0 aliphatic heterocycles. The lowest BCUT2D eigenvalue weighted by Crippen LogP contribution is -2.25. The molecule has 0 saturated carbocycles. The fourth-order valence-corrected chi connectivity index (χ4v) is 3.21. The number of aromatic hydroxyl groups is 2. The molecule has 0 aromatic heterocycles. The number of nitrogens with two attached hydrogens (primary N) is 1. The Morgan fingerprint density at radius 3 is 1.86 bits per heavy atom. The normalized spacial score (nSPS) is 12.0. The minimum atomic E-state index is -0.581. The molecule has 1 aliphatic rings. The van der Waals surface area contributed by atoms with Crippen molar-refractivity contribution >= 4 is 22.9 Å². The second-order valence-corrected chi connectivity index (χ2v) is 6.85. The average Bonchev–Trinajstić information content (AvgIpc) is 2.70. The summed E-state index contributed by atoms with van der Waals surface area (Å²) in [6.07, 6.45) is 4.08. The number of benzene rings is 2. The first-order valence-electron chi connectivity index (χ1n) is 9.84. The smallest absolute Gasteiger partial charge is 0.200 e. The van der Waals surface area contributed by atoms with Crippen LogP contribution in [0.4, 0.5) is 11.4 Å². The largest absolute Gasteiger partial charge is 0.507 e. The minimum absolute atomic E-state index is 0.0443. The summed E-state index contributed by atoms with van der Waals surface area (Å²) in [5.74, 6) is -1.84. The molecular formula is C22H29N3O4. The Balaban J connectivity index is 0.000000537. The summed E-state index contributed by atoms with van der Waals surface area (Å²) < 4.78 is 0. The maximum absolute atomic E-state index is 12.9. The Kier molecular flexibility index (Phi) is 7.61. The van der Waals surface area contributed by atoms with Gasteiger partial charge in [-0.05, 0) is 31.3 Å². The van der Waals surface area contributed by atoms with Crippen LogP contribution in [0.3, 0.4) is 0 Å². The van der Waals surface area contributed by atoms with Crippen LogP contribution in [-0.2, 0) is 0 Å². The Hall–Kier alpha value is -3.06. The molecule has 0 bridgehead atoms. The molecule has 0 heterocycles. The Morgan fingerprint density at radius 1 is 0.828 bits per heavy atom. The van der Waals surface area contributed by atoms with Gasteiger partial charge in [0, 0.05) is 24.5 Å². The van der Waals surface area contributed by atoms with Gasteiger partial charge in [-0.15, -0.1) is 0 Å². The van der Waals surface area contributed by atoms with E-state index in [1.165, 1.54) is 37.5 Å². The molecular weight excluding hydrogens is 370 g/mol. The molecule has 156 valence electrons. The maximum atomic E-state index is 12.9. The van der Waals surface area contributed by atoms with Crippen molar-refractivity contribution in [1.29, 1.82) is 0 Å². The summed E-state index contributed by atoms with van der Waals surface area (Å²) in [6.45, 7) is 5.62. The minimum Gasteiger partial charge on any atom is -0.507 e. The van der Waals surface area contributed by atoms with Crippen LogP contribution in [0, 0.1) is 0 Å². The molecule has 1 aliphatic carbocycles. The van der Waals surface area contributed by atoms with Gasteiger partial charge in [0.25, 0.3) is 0 Å². The third kappa shape index (κ3) is 4.51. The molecule has 2 aromatic carbocycles. The van der Waals surface area contributed by atoms with E-state index < -0.39 is 11.6 Å². The predicted octanol–water partition coefficient (Wildman–Crippen LogP) is 3.28. The molecule has 29 heavy (non-hydrogen) atoms. The molecule has 0 radical (unpaired) electrons. The zero-order valence-electron chi connectivity index (χ0n) is 17.1.